The van der Waals surface area contributed by atoms with Crippen molar-refractivity contribution >= 4 is 0 Å². The van der Waals surface area contributed by atoms with E-state index in [-0.39, 0.29) is 12.1 Å². The molecule has 0 amide bonds. The van der Waals surface area contributed by atoms with Gasteiger partial charge >= 0.3 is 0 Å². The van der Waals surface area contributed by atoms with Gasteiger partial charge in [-0.15, -0.1) is 0 Å². The fourth-order valence-corrected chi connectivity index (χ4v) is 1.70. The highest BCUT2D eigenvalue weighted by atomic mass is 16.5. The third-order valence-corrected chi connectivity index (χ3v) is 3.19. The Bertz CT molecular complexity index is 179. The quantitative estimate of drug-likeness (QED) is 0.573. The minimum Gasteiger partial charge on any atom is -0.394 e. The van der Waals surface area contributed by atoms with Crippen LogP contribution in [0.1, 0.15) is 33.6 Å². The van der Waals surface area contributed by atoms with E-state index in [0.717, 1.165) is 45.6 Å². The van der Waals surface area contributed by atoms with E-state index in [2.05, 4.69) is 31.0 Å². The average Bonchev–Trinajstić information content (AvgIpc) is 2.36. The molecule has 0 spiro atoms. The summed E-state index contributed by atoms with van der Waals surface area (Å²) in [5.74, 6) is 0. The highest BCUT2D eigenvalue weighted by Gasteiger charge is 2.22. The minimum atomic E-state index is -0.156. The first-order chi connectivity index (χ1) is 8.11. The van der Waals surface area contributed by atoms with Gasteiger partial charge < -0.3 is 20.1 Å². The van der Waals surface area contributed by atoms with Gasteiger partial charge in [0, 0.05) is 25.7 Å². The molecule has 0 aromatic heterocycles. The number of methoxy groups -OCH3 is 1. The summed E-state index contributed by atoms with van der Waals surface area (Å²) in [7, 11) is 1.73. The summed E-state index contributed by atoms with van der Waals surface area (Å²) in [5, 5.41) is 12.9. The number of hydrogen-bond acceptors (Lipinski definition) is 4. The molecule has 17 heavy (non-hydrogen) atoms. The Hall–Kier alpha value is -0.160. The first-order valence-corrected chi connectivity index (χ1v) is 6.69. The number of ether oxygens (including phenoxy) is 1. The minimum absolute atomic E-state index is 0.156. The van der Waals surface area contributed by atoms with Gasteiger partial charge in [-0.1, -0.05) is 13.8 Å². The molecule has 0 bridgehead atoms. The average molecular weight is 246 g/mol. The van der Waals surface area contributed by atoms with Gasteiger partial charge in [-0.2, -0.15) is 0 Å². The zero-order chi connectivity index (χ0) is 13.1. The van der Waals surface area contributed by atoms with Gasteiger partial charge in [0.05, 0.1) is 13.2 Å². The Balaban J connectivity index is 4.00. The van der Waals surface area contributed by atoms with Crippen molar-refractivity contribution < 1.29 is 9.84 Å². The maximum Gasteiger partial charge on any atom is 0.0611 e. The fourth-order valence-electron chi connectivity index (χ4n) is 1.70. The standard InChI is InChI=1S/C13H30N2O2/c1-5-8-14-13(3,12-16)7-9-15(6-2)10-11-17-4/h14,16H,5-12H2,1-4H3. The molecular formula is C13H30N2O2. The van der Waals surface area contributed by atoms with Crippen LogP contribution in [-0.2, 0) is 4.74 Å². The molecule has 0 aliphatic heterocycles. The molecule has 1 unspecified atom stereocenters. The summed E-state index contributed by atoms with van der Waals surface area (Å²) >= 11 is 0. The predicted molar refractivity (Wildman–Crippen MR) is 72.4 cm³/mol. The molecule has 1 atom stereocenters. The lowest BCUT2D eigenvalue weighted by Gasteiger charge is -2.31. The molecule has 0 fully saturated rings. The van der Waals surface area contributed by atoms with E-state index >= 15 is 0 Å². The molecule has 104 valence electrons. The summed E-state index contributed by atoms with van der Waals surface area (Å²) in [6.45, 7) is 11.3. The van der Waals surface area contributed by atoms with Crippen LogP contribution >= 0.6 is 0 Å². The first kappa shape index (κ1) is 16.8. The van der Waals surface area contributed by atoms with E-state index in [9.17, 15) is 5.11 Å². The number of hydrogen-bond donors (Lipinski definition) is 2. The Morgan fingerprint density at radius 3 is 2.47 bits per heavy atom. The first-order valence-electron chi connectivity index (χ1n) is 6.69. The van der Waals surface area contributed by atoms with Crippen molar-refractivity contribution in [3.8, 4) is 0 Å². The van der Waals surface area contributed by atoms with Crippen LogP contribution < -0.4 is 5.32 Å². The molecular weight excluding hydrogens is 216 g/mol. The van der Waals surface area contributed by atoms with Crippen LogP contribution in [0.2, 0.25) is 0 Å². The highest BCUT2D eigenvalue weighted by molar-refractivity contribution is 4.83. The van der Waals surface area contributed by atoms with Crippen LogP contribution in [0.4, 0.5) is 0 Å². The number of nitrogens with zero attached hydrogens (tertiary/aromatic N) is 1. The maximum atomic E-state index is 9.47. The molecule has 0 aliphatic rings. The molecule has 4 heteroatoms. The normalized spacial score (nSPS) is 15.2. The lowest BCUT2D eigenvalue weighted by Crippen LogP contribution is -2.48. The zero-order valence-corrected chi connectivity index (χ0v) is 12.0. The van der Waals surface area contributed by atoms with Crippen molar-refractivity contribution in [1.82, 2.24) is 10.2 Å². The van der Waals surface area contributed by atoms with Crippen LogP contribution in [0.25, 0.3) is 0 Å². The van der Waals surface area contributed by atoms with E-state index in [0.29, 0.717) is 0 Å². The van der Waals surface area contributed by atoms with Gasteiger partial charge in [0.2, 0.25) is 0 Å². The summed E-state index contributed by atoms with van der Waals surface area (Å²) in [6, 6.07) is 0. The van der Waals surface area contributed by atoms with E-state index in [4.69, 9.17) is 4.74 Å². The topological polar surface area (TPSA) is 44.7 Å². The molecule has 0 aliphatic carbocycles. The smallest absolute Gasteiger partial charge is 0.0611 e. The van der Waals surface area contributed by atoms with Gasteiger partial charge in [0.1, 0.15) is 0 Å². The molecule has 0 saturated carbocycles. The Morgan fingerprint density at radius 1 is 1.29 bits per heavy atom. The Kier molecular flexibility index (Phi) is 9.74. The summed E-state index contributed by atoms with van der Waals surface area (Å²) < 4.78 is 5.09. The van der Waals surface area contributed by atoms with E-state index in [1.807, 2.05) is 0 Å². The third-order valence-electron chi connectivity index (χ3n) is 3.19. The number of aliphatic hydroxyl groups is 1. The van der Waals surface area contributed by atoms with E-state index in [1.54, 1.807) is 7.11 Å². The third kappa shape index (κ3) is 7.71. The van der Waals surface area contributed by atoms with Crippen molar-refractivity contribution in [2.45, 2.75) is 39.2 Å². The van der Waals surface area contributed by atoms with E-state index < -0.39 is 0 Å². The molecule has 0 aromatic rings. The summed E-state index contributed by atoms with van der Waals surface area (Å²) in [6.07, 6.45) is 2.05. The zero-order valence-electron chi connectivity index (χ0n) is 12.0. The lowest BCUT2D eigenvalue weighted by molar-refractivity contribution is 0.123. The fraction of sp³-hybridized carbons (Fsp3) is 1.00. The maximum absolute atomic E-state index is 9.47. The van der Waals surface area contributed by atoms with Crippen LogP contribution in [0.3, 0.4) is 0 Å². The Morgan fingerprint density at radius 2 is 2.00 bits per heavy atom. The van der Waals surface area contributed by atoms with Crippen molar-refractivity contribution in [3.05, 3.63) is 0 Å². The van der Waals surface area contributed by atoms with Crippen LogP contribution in [0, 0.1) is 0 Å². The van der Waals surface area contributed by atoms with Crippen molar-refractivity contribution in [2.75, 3.05) is 46.5 Å². The van der Waals surface area contributed by atoms with Crippen molar-refractivity contribution in [3.63, 3.8) is 0 Å². The van der Waals surface area contributed by atoms with Gasteiger partial charge in [0.15, 0.2) is 0 Å². The van der Waals surface area contributed by atoms with Crippen molar-refractivity contribution in [1.29, 1.82) is 0 Å². The van der Waals surface area contributed by atoms with E-state index in [1.165, 1.54) is 0 Å². The van der Waals surface area contributed by atoms with Gasteiger partial charge in [-0.25, -0.2) is 0 Å². The summed E-state index contributed by atoms with van der Waals surface area (Å²) in [5.41, 5.74) is -0.156. The number of nitrogens with one attached hydrogen (secondary N) is 1. The molecule has 0 aromatic carbocycles. The highest BCUT2D eigenvalue weighted by Crippen LogP contribution is 2.10. The van der Waals surface area contributed by atoms with Crippen LogP contribution in [0.5, 0.6) is 0 Å². The molecule has 4 nitrogen and oxygen atoms in total. The number of likely N-dealkylation sites (N-methyl/N-ethyl adjacent to an activating group) is 1. The lowest BCUT2D eigenvalue weighted by atomic mass is 9.98. The monoisotopic (exact) mass is 246 g/mol. The van der Waals surface area contributed by atoms with Crippen molar-refractivity contribution in [2.24, 2.45) is 0 Å². The van der Waals surface area contributed by atoms with Crippen LogP contribution in [-0.4, -0.2) is 62.0 Å². The molecule has 0 radical (unpaired) electrons. The molecule has 0 heterocycles. The van der Waals surface area contributed by atoms with Gasteiger partial charge in [0.25, 0.3) is 0 Å². The molecule has 2 N–H and O–H groups in total. The number of aliphatic hydroxyl groups excluding tert-OH is 1. The SMILES string of the molecule is CCCNC(C)(CO)CCN(CC)CCOC. The largest absolute Gasteiger partial charge is 0.394 e. The second kappa shape index (κ2) is 9.83. The number of rotatable bonds is 11. The molecule has 0 saturated heterocycles. The Labute approximate surface area is 106 Å². The van der Waals surface area contributed by atoms with Gasteiger partial charge in [-0.05, 0) is 32.9 Å². The summed E-state index contributed by atoms with van der Waals surface area (Å²) in [4.78, 5) is 2.35. The predicted octanol–water partition coefficient (Wildman–Crippen LogP) is 1.10. The second-order valence-corrected chi connectivity index (χ2v) is 4.82. The van der Waals surface area contributed by atoms with Gasteiger partial charge in [-0.3, -0.25) is 0 Å². The second-order valence-electron chi connectivity index (χ2n) is 4.82. The van der Waals surface area contributed by atoms with Crippen LogP contribution in [0.15, 0.2) is 0 Å². The molecule has 0 rings (SSSR count).